The van der Waals surface area contributed by atoms with Crippen LogP contribution >= 0.6 is 15.9 Å². The second kappa shape index (κ2) is 7.98. The van der Waals surface area contributed by atoms with E-state index in [2.05, 4.69) is 22.5 Å². The first-order valence-electron chi connectivity index (χ1n) is 8.57. The zero-order valence-corrected chi connectivity index (χ0v) is 17.6. The number of hydrogen-bond donors (Lipinski definition) is 0. The van der Waals surface area contributed by atoms with Gasteiger partial charge in [0.05, 0.1) is 17.0 Å². The molecule has 2 aromatic carbocycles. The molecule has 0 N–H and O–H groups in total. The molecule has 0 radical (unpaired) electrons. The van der Waals surface area contributed by atoms with Crippen LogP contribution in [0.4, 0.5) is 5.69 Å². The standard InChI is InChI=1S/C20H19BrN2O4S/c1-3-12-22(28(26,27)17-10-6-15(21)7-11-17)18-13-19(24)23(20(18)25)16-8-4-14(2)5-9-16/h3-11,18H,1,12-13H2,2H3. The van der Waals surface area contributed by atoms with Gasteiger partial charge in [-0.05, 0) is 43.3 Å². The van der Waals surface area contributed by atoms with Crippen molar-refractivity contribution >= 4 is 43.5 Å². The highest BCUT2D eigenvalue weighted by atomic mass is 79.9. The number of aryl methyl sites for hydroxylation is 1. The minimum atomic E-state index is -3.99. The SMILES string of the molecule is C=CCN(C1CC(=O)N(c2ccc(C)cc2)C1=O)S(=O)(=O)c1ccc(Br)cc1. The van der Waals surface area contributed by atoms with Gasteiger partial charge in [-0.2, -0.15) is 4.31 Å². The Morgan fingerprint density at radius 3 is 2.32 bits per heavy atom. The minimum Gasteiger partial charge on any atom is -0.274 e. The van der Waals surface area contributed by atoms with Crippen molar-refractivity contribution < 1.29 is 18.0 Å². The van der Waals surface area contributed by atoms with Crippen molar-refractivity contribution in [3.63, 3.8) is 0 Å². The number of hydrogen-bond acceptors (Lipinski definition) is 4. The molecule has 0 saturated carbocycles. The number of nitrogens with zero attached hydrogens (tertiary/aromatic N) is 2. The molecule has 28 heavy (non-hydrogen) atoms. The van der Waals surface area contributed by atoms with E-state index < -0.39 is 27.9 Å². The second-order valence-electron chi connectivity index (χ2n) is 6.44. The average molecular weight is 463 g/mol. The zero-order chi connectivity index (χ0) is 20.5. The zero-order valence-electron chi connectivity index (χ0n) is 15.2. The molecule has 8 heteroatoms. The largest absolute Gasteiger partial charge is 0.274 e. The third-order valence-corrected chi connectivity index (χ3v) is 6.91. The number of anilines is 1. The molecule has 1 heterocycles. The topological polar surface area (TPSA) is 74.8 Å². The van der Waals surface area contributed by atoms with Gasteiger partial charge in [-0.25, -0.2) is 13.3 Å². The molecular formula is C20H19BrN2O4S. The molecule has 146 valence electrons. The first-order valence-corrected chi connectivity index (χ1v) is 10.8. The van der Waals surface area contributed by atoms with Crippen LogP contribution in [0.3, 0.4) is 0 Å². The van der Waals surface area contributed by atoms with Gasteiger partial charge in [-0.15, -0.1) is 6.58 Å². The number of carbonyl (C=O) groups is 2. The Morgan fingerprint density at radius 1 is 1.14 bits per heavy atom. The fourth-order valence-corrected chi connectivity index (χ4v) is 4.88. The predicted octanol–water partition coefficient (Wildman–Crippen LogP) is 3.27. The van der Waals surface area contributed by atoms with Crippen molar-refractivity contribution in [3.05, 3.63) is 71.2 Å². The van der Waals surface area contributed by atoms with E-state index in [9.17, 15) is 18.0 Å². The van der Waals surface area contributed by atoms with Crippen LogP contribution in [-0.2, 0) is 19.6 Å². The molecule has 1 aliphatic rings. The molecule has 1 fully saturated rings. The van der Waals surface area contributed by atoms with E-state index in [0.29, 0.717) is 5.69 Å². The van der Waals surface area contributed by atoms with E-state index >= 15 is 0 Å². The molecule has 1 saturated heterocycles. The van der Waals surface area contributed by atoms with E-state index in [1.165, 1.54) is 18.2 Å². The molecule has 3 rings (SSSR count). The Morgan fingerprint density at radius 2 is 1.75 bits per heavy atom. The second-order valence-corrected chi connectivity index (χ2v) is 9.25. The fraction of sp³-hybridized carbons (Fsp3) is 0.200. The number of amides is 2. The summed E-state index contributed by atoms with van der Waals surface area (Å²) >= 11 is 3.27. The average Bonchev–Trinajstić information content (AvgIpc) is 2.95. The summed E-state index contributed by atoms with van der Waals surface area (Å²) in [5.74, 6) is -0.990. The highest BCUT2D eigenvalue weighted by Crippen LogP contribution is 2.29. The van der Waals surface area contributed by atoms with Crippen LogP contribution in [-0.4, -0.2) is 37.1 Å². The van der Waals surface area contributed by atoms with Crippen LogP contribution in [0.25, 0.3) is 0 Å². The van der Waals surface area contributed by atoms with E-state index in [0.717, 1.165) is 19.2 Å². The molecular weight excluding hydrogens is 444 g/mol. The van der Waals surface area contributed by atoms with Crippen LogP contribution in [0.15, 0.2) is 70.6 Å². The van der Waals surface area contributed by atoms with Crippen LogP contribution in [0.5, 0.6) is 0 Å². The van der Waals surface area contributed by atoms with Crippen molar-refractivity contribution in [2.75, 3.05) is 11.4 Å². The molecule has 2 amide bonds. The lowest BCUT2D eigenvalue weighted by Crippen LogP contribution is -2.45. The van der Waals surface area contributed by atoms with Crippen molar-refractivity contribution in [3.8, 4) is 0 Å². The molecule has 0 bridgehead atoms. The monoisotopic (exact) mass is 462 g/mol. The third kappa shape index (κ3) is 3.80. The minimum absolute atomic E-state index is 0.0478. The first-order chi connectivity index (χ1) is 13.3. The predicted molar refractivity (Wildman–Crippen MR) is 110 cm³/mol. The summed E-state index contributed by atoms with van der Waals surface area (Å²) in [4.78, 5) is 26.7. The molecule has 1 unspecified atom stereocenters. The van der Waals surface area contributed by atoms with Gasteiger partial charge in [0.15, 0.2) is 0 Å². The maximum atomic E-state index is 13.1. The van der Waals surface area contributed by atoms with Gasteiger partial charge in [0.2, 0.25) is 15.9 Å². The normalized spacial score (nSPS) is 17.4. The number of imide groups is 1. The van der Waals surface area contributed by atoms with Gasteiger partial charge < -0.3 is 0 Å². The van der Waals surface area contributed by atoms with Gasteiger partial charge in [-0.3, -0.25) is 9.59 Å². The van der Waals surface area contributed by atoms with Crippen molar-refractivity contribution in [1.29, 1.82) is 0 Å². The Hall–Kier alpha value is -2.29. The van der Waals surface area contributed by atoms with E-state index in [-0.39, 0.29) is 17.9 Å². The summed E-state index contributed by atoms with van der Waals surface area (Å²) in [5.41, 5.74) is 1.42. The van der Waals surface area contributed by atoms with Crippen molar-refractivity contribution in [2.24, 2.45) is 0 Å². The van der Waals surface area contributed by atoms with E-state index in [4.69, 9.17) is 0 Å². The maximum absolute atomic E-state index is 13.1. The molecule has 1 atom stereocenters. The highest BCUT2D eigenvalue weighted by molar-refractivity contribution is 9.10. The molecule has 0 aromatic heterocycles. The Balaban J connectivity index is 1.97. The summed E-state index contributed by atoms with van der Waals surface area (Å²) in [7, 11) is -3.99. The lowest BCUT2D eigenvalue weighted by atomic mass is 10.2. The van der Waals surface area contributed by atoms with Crippen LogP contribution < -0.4 is 4.90 Å². The third-order valence-electron chi connectivity index (χ3n) is 4.49. The number of carbonyl (C=O) groups excluding carboxylic acids is 2. The summed E-state index contributed by atoms with van der Waals surface area (Å²) in [6, 6.07) is 12.0. The fourth-order valence-electron chi connectivity index (χ4n) is 3.07. The quantitative estimate of drug-likeness (QED) is 0.487. The van der Waals surface area contributed by atoms with E-state index in [1.807, 2.05) is 6.92 Å². The Bertz CT molecular complexity index is 1020. The Kier molecular flexibility index (Phi) is 5.83. The summed E-state index contributed by atoms with van der Waals surface area (Å²) < 4.78 is 28.1. The van der Waals surface area contributed by atoms with Crippen molar-refractivity contribution in [2.45, 2.75) is 24.3 Å². The van der Waals surface area contributed by atoms with Gasteiger partial charge in [0.25, 0.3) is 5.91 Å². The molecule has 0 aliphatic carbocycles. The van der Waals surface area contributed by atoms with Gasteiger partial charge in [-0.1, -0.05) is 39.7 Å². The van der Waals surface area contributed by atoms with Gasteiger partial charge in [0.1, 0.15) is 6.04 Å². The molecule has 0 spiro atoms. The van der Waals surface area contributed by atoms with Crippen molar-refractivity contribution in [1.82, 2.24) is 4.31 Å². The summed E-state index contributed by atoms with van der Waals surface area (Å²) in [5, 5.41) is 0. The number of benzene rings is 2. The maximum Gasteiger partial charge on any atom is 0.252 e. The first kappa shape index (κ1) is 20.4. The van der Waals surface area contributed by atoms with Crippen LogP contribution in [0, 0.1) is 6.92 Å². The van der Waals surface area contributed by atoms with Crippen LogP contribution in [0.1, 0.15) is 12.0 Å². The van der Waals surface area contributed by atoms with Gasteiger partial charge >= 0.3 is 0 Å². The highest BCUT2D eigenvalue weighted by Gasteiger charge is 2.46. The molecule has 1 aliphatic heterocycles. The smallest absolute Gasteiger partial charge is 0.252 e. The number of rotatable bonds is 6. The summed E-state index contributed by atoms with van der Waals surface area (Å²) in [6.07, 6.45) is 1.19. The summed E-state index contributed by atoms with van der Waals surface area (Å²) in [6.45, 7) is 5.42. The van der Waals surface area contributed by atoms with Crippen LogP contribution in [0.2, 0.25) is 0 Å². The lowest BCUT2D eigenvalue weighted by Gasteiger charge is -2.25. The van der Waals surface area contributed by atoms with Gasteiger partial charge in [0, 0.05) is 11.0 Å². The lowest BCUT2D eigenvalue weighted by molar-refractivity contribution is -0.122. The number of sulfonamides is 1. The van der Waals surface area contributed by atoms with E-state index in [1.54, 1.807) is 36.4 Å². The Labute approximate surface area is 172 Å². The number of halogens is 1. The molecule has 6 nitrogen and oxygen atoms in total. The molecule has 2 aromatic rings.